The summed E-state index contributed by atoms with van der Waals surface area (Å²) in [7, 11) is 0. The highest BCUT2D eigenvalue weighted by molar-refractivity contribution is 7.80. The predicted octanol–water partition coefficient (Wildman–Crippen LogP) is 5.52. The lowest BCUT2D eigenvalue weighted by atomic mass is 9.79. The van der Waals surface area contributed by atoms with Crippen LogP contribution in [-0.2, 0) is 5.41 Å². The molecule has 2 N–H and O–H groups in total. The fourth-order valence-electron chi connectivity index (χ4n) is 5.69. The summed E-state index contributed by atoms with van der Waals surface area (Å²) < 4.78 is 0. The molecule has 6 nitrogen and oxygen atoms in total. The van der Waals surface area contributed by atoms with Crippen LogP contribution in [0.2, 0.25) is 5.02 Å². The average molecular weight is 499 g/mol. The molecule has 1 aliphatic carbocycles. The van der Waals surface area contributed by atoms with Gasteiger partial charge in [-0.1, -0.05) is 36.6 Å². The van der Waals surface area contributed by atoms with Gasteiger partial charge in [-0.3, -0.25) is 0 Å². The number of hydrogen-bond donors (Lipinski definition) is 2. The molecule has 0 bridgehead atoms. The Kier molecular flexibility index (Phi) is 7.40. The number of piperidine rings is 1. The Morgan fingerprint density at radius 1 is 0.853 bits per heavy atom. The number of anilines is 3. The first-order valence-electron chi connectivity index (χ1n) is 12.8. The normalized spacial score (nSPS) is 19.9. The molecular formula is C26H35ClN6S. The van der Waals surface area contributed by atoms with Crippen LogP contribution in [-0.4, -0.2) is 47.8 Å². The summed E-state index contributed by atoms with van der Waals surface area (Å²) in [5.74, 6) is 2.61. The number of halogens is 1. The summed E-state index contributed by atoms with van der Waals surface area (Å²) in [6.45, 7) is 5.03. The smallest absolute Gasteiger partial charge is 0.232 e. The van der Waals surface area contributed by atoms with Crippen molar-refractivity contribution in [2.75, 3.05) is 47.8 Å². The van der Waals surface area contributed by atoms with Crippen molar-refractivity contribution in [3.05, 3.63) is 40.9 Å². The van der Waals surface area contributed by atoms with Crippen molar-refractivity contribution in [1.82, 2.24) is 15.3 Å². The average Bonchev–Trinajstić information content (AvgIpc) is 3.57. The molecular weight excluding hydrogens is 464 g/mol. The molecule has 0 atom stereocenters. The minimum Gasteiger partial charge on any atom is -0.361 e. The van der Waals surface area contributed by atoms with Crippen LogP contribution in [0, 0.1) is 0 Å². The molecule has 0 spiro atoms. The first-order chi connectivity index (χ1) is 16.6. The van der Waals surface area contributed by atoms with Gasteiger partial charge in [0.25, 0.3) is 0 Å². The van der Waals surface area contributed by atoms with Crippen molar-refractivity contribution in [3.63, 3.8) is 0 Å². The molecule has 0 amide bonds. The molecule has 3 aliphatic rings. The summed E-state index contributed by atoms with van der Waals surface area (Å²) >= 11 is 11.9. The van der Waals surface area contributed by atoms with E-state index in [1.807, 2.05) is 12.1 Å². The van der Waals surface area contributed by atoms with E-state index in [9.17, 15) is 0 Å². The number of nitrogens with zero attached hydrogens (tertiary/aromatic N) is 4. The largest absolute Gasteiger partial charge is 0.361 e. The zero-order chi connectivity index (χ0) is 23.4. The van der Waals surface area contributed by atoms with Crippen LogP contribution in [0.5, 0.6) is 0 Å². The molecule has 182 valence electrons. The Bertz CT molecular complexity index is 979. The molecule has 2 aromatic rings. The van der Waals surface area contributed by atoms with Crippen molar-refractivity contribution in [3.8, 4) is 0 Å². The molecule has 34 heavy (non-hydrogen) atoms. The van der Waals surface area contributed by atoms with Crippen molar-refractivity contribution in [1.29, 1.82) is 0 Å². The second-order valence-corrected chi connectivity index (χ2v) is 10.8. The molecule has 3 fully saturated rings. The van der Waals surface area contributed by atoms with E-state index in [1.165, 1.54) is 50.5 Å². The summed E-state index contributed by atoms with van der Waals surface area (Å²) in [5.41, 5.74) is 1.43. The van der Waals surface area contributed by atoms with Crippen LogP contribution in [0.25, 0.3) is 0 Å². The highest BCUT2D eigenvalue weighted by Gasteiger charge is 2.35. The Morgan fingerprint density at radius 3 is 2.00 bits per heavy atom. The monoisotopic (exact) mass is 498 g/mol. The zero-order valence-electron chi connectivity index (χ0n) is 19.9. The third kappa shape index (κ3) is 5.41. The van der Waals surface area contributed by atoms with Crippen molar-refractivity contribution < 1.29 is 0 Å². The van der Waals surface area contributed by atoms with Crippen molar-refractivity contribution in [2.24, 2.45) is 0 Å². The lowest BCUT2D eigenvalue weighted by Crippen LogP contribution is -2.41. The predicted molar refractivity (Wildman–Crippen MR) is 145 cm³/mol. The minimum absolute atomic E-state index is 0.0908. The first-order valence-corrected chi connectivity index (χ1v) is 13.6. The summed E-state index contributed by atoms with van der Waals surface area (Å²) in [6, 6.07) is 10.5. The number of aromatic nitrogens is 2. The Hall–Kier alpha value is -2.12. The standard InChI is InChI=1S/C26H35ClN6S/c27-21-10-8-20(9-11-21)26(12-2-3-13-26)19-28-25(34)31-24-29-22(32-14-4-1-5-15-32)18-23(30-24)33-16-6-7-17-33/h8-11,18H,1-7,12-17,19H2,(H2,28,29,30,31,34). The highest BCUT2D eigenvalue weighted by Crippen LogP contribution is 2.41. The van der Waals surface area contributed by atoms with E-state index in [-0.39, 0.29) is 5.41 Å². The van der Waals surface area contributed by atoms with Crippen LogP contribution in [0.3, 0.4) is 0 Å². The minimum atomic E-state index is 0.0908. The van der Waals surface area contributed by atoms with Gasteiger partial charge in [-0.15, -0.1) is 0 Å². The Balaban J connectivity index is 1.30. The molecule has 3 heterocycles. The number of nitrogens with one attached hydrogen (secondary N) is 2. The van der Waals surface area contributed by atoms with Gasteiger partial charge in [0.05, 0.1) is 0 Å². The second-order valence-electron chi connectivity index (χ2n) is 9.95. The van der Waals surface area contributed by atoms with Gasteiger partial charge >= 0.3 is 0 Å². The van der Waals surface area contributed by atoms with E-state index in [0.717, 1.165) is 62.2 Å². The van der Waals surface area contributed by atoms with E-state index in [1.54, 1.807) is 0 Å². The Morgan fingerprint density at radius 2 is 1.41 bits per heavy atom. The molecule has 1 aromatic heterocycles. The van der Waals surface area contributed by atoms with Gasteiger partial charge < -0.3 is 20.4 Å². The van der Waals surface area contributed by atoms with Crippen LogP contribution in [0.4, 0.5) is 17.6 Å². The van der Waals surface area contributed by atoms with Gasteiger partial charge in [0.2, 0.25) is 5.95 Å². The van der Waals surface area contributed by atoms with Crippen molar-refractivity contribution >= 4 is 46.5 Å². The lowest BCUT2D eigenvalue weighted by molar-refractivity contribution is 0.435. The van der Waals surface area contributed by atoms with E-state index in [2.05, 4.69) is 38.6 Å². The van der Waals surface area contributed by atoms with Gasteiger partial charge in [-0.25, -0.2) is 0 Å². The summed E-state index contributed by atoms with van der Waals surface area (Å²) in [5, 5.41) is 8.17. The van der Waals surface area contributed by atoms with Crippen LogP contribution in [0.15, 0.2) is 30.3 Å². The number of thiocarbonyl (C=S) groups is 1. The maximum atomic E-state index is 6.14. The molecule has 5 rings (SSSR count). The van der Waals surface area contributed by atoms with Gasteiger partial charge in [0.1, 0.15) is 11.6 Å². The topological polar surface area (TPSA) is 56.3 Å². The molecule has 2 saturated heterocycles. The Labute approximate surface area is 213 Å². The van der Waals surface area contributed by atoms with Crippen LogP contribution < -0.4 is 20.4 Å². The van der Waals surface area contributed by atoms with Gasteiger partial charge in [-0.05, 0) is 74.9 Å². The highest BCUT2D eigenvalue weighted by atomic mass is 35.5. The maximum absolute atomic E-state index is 6.14. The van der Waals surface area contributed by atoms with Crippen LogP contribution >= 0.6 is 23.8 Å². The number of benzene rings is 1. The molecule has 1 aromatic carbocycles. The molecule has 2 aliphatic heterocycles. The molecule has 1 saturated carbocycles. The van der Waals surface area contributed by atoms with E-state index in [0.29, 0.717) is 11.1 Å². The maximum Gasteiger partial charge on any atom is 0.232 e. The molecule has 0 unspecified atom stereocenters. The second kappa shape index (κ2) is 10.6. The van der Waals surface area contributed by atoms with Gasteiger partial charge in [0, 0.05) is 49.2 Å². The molecule has 8 heteroatoms. The zero-order valence-corrected chi connectivity index (χ0v) is 21.4. The van der Waals surface area contributed by atoms with Gasteiger partial charge in [-0.2, -0.15) is 9.97 Å². The third-order valence-electron chi connectivity index (χ3n) is 7.64. The SMILES string of the molecule is S=C(NCC1(c2ccc(Cl)cc2)CCCC1)Nc1nc(N2CCCCC2)cc(N2CCCC2)n1. The quantitative estimate of drug-likeness (QED) is 0.508. The van der Waals surface area contributed by atoms with Crippen LogP contribution in [0.1, 0.15) is 63.4 Å². The fraction of sp³-hybridized carbons (Fsp3) is 0.577. The van der Waals surface area contributed by atoms with E-state index in [4.69, 9.17) is 33.8 Å². The van der Waals surface area contributed by atoms with Gasteiger partial charge in [0.15, 0.2) is 5.11 Å². The van der Waals surface area contributed by atoms with Crippen molar-refractivity contribution in [2.45, 2.75) is 63.2 Å². The number of hydrogen-bond acceptors (Lipinski definition) is 5. The first kappa shape index (κ1) is 23.6. The molecule has 0 radical (unpaired) electrons. The summed E-state index contributed by atoms with van der Waals surface area (Å²) in [4.78, 5) is 14.5. The van der Waals surface area contributed by atoms with E-state index >= 15 is 0 Å². The third-order valence-corrected chi connectivity index (χ3v) is 8.14. The lowest BCUT2D eigenvalue weighted by Gasteiger charge is -2.31. The fourth-order valence-corrected chi connectivity index (χ4v) is 5.98. The number of rotatable bonds is 6. The summed E-state index contributed by atoms with van der Waals surface area (Å²) in [6.07, 6.45) is 11.0. The van der Waals surface area contributed by atoms with E-state index < -0.39 is 0 Å².